The number of pyridine rings is 2. The molecule has 2 atom stereocenters. The van der Waals surface area contributed by atoms with Crippen LogP contribution in [0, 0.1) is 5.82 Å². The van der Waals surface area contributed by atoms with Crippen molar-refractivity contribution in [1.82, 2.24) is 15.3 Å². The molecule has 2 amide bonds. The van der Waals surface area contributed by atoms with Crippen molar-refractivity contribution in [2.75, 3.05) is 20.3 Å². The number of amides is 2. The molecule has 4 N–H and O–H groups in total. The van der Waals surface area contributed by atoms with Crippen LogP contribution in [0.5, 0.6) is 11.5 Å². The van der Waals surface area contributed by atoms with E-state index in [9.17, 15) is 19.1 Å². The molecular formula is C32H30ClFN4O5. The maximum atomic E-state index is 14.0. The molecule has 11 heteroatoms. The van der Waals surface area contributed by atoms with Gasteiger partial charge in [-0.1, -0.05) is 11.6 Å². The van der Waals surface area contributed by atoms with Crippen LogP contribution in [-0.4, -0.2) is 47.2 Å². The first-order valence-electron chi connectivity index (χ1n) is 13.8. The summed E-state index contributed by atoms with van der Waals surface area (Å²) >= 11 is 6.05. The maximum absolute atomic E-state index is 14.0. The Morgan fingerprint density at radius 2 is 2.02 bits per heavy atom. The summed E-state index contributed by atoms with van der Waals surface area (Å²) in [7, 11) is 1.52. The van der Waals surface area contributed by atoms with Crippen molar-refractivity contribution in [2.45, 2.75) is 43.6 Å². The lowest BCUT2D eigenvalue weighted by Crippen LogP contribution is -2.41. The second-order valence-corrected chi connectivity index (χ2v) is 12.0. The quantitative estimate of drug-likeness (QED) is 0.264. The lowest BCUT2D eigenvalue weighted by molar-refractivity contribution is -0.123. The minimum atomic E-state index is -1.70. The zero-order chi connectivity index (χ0) is 30.7. The van der Waals surface area contributed by atoms with Gasteiger partial charge in [0.05, 0.1) is 24.4 Å². The molecule has 1 aliphatic heterocycles. The molecule has 1 saturated carbocycles. The standard InChI is InChI=1S/C32H30ClFN4O5/c1-31(30(35)40)15-43-28-21(31)12-25(38-27(28)17-6-7-23(34)22(33)10-17)32(2,41)14-37-29(39)19-8-18-9-20(16-4-5-16)13-36-26(18)24(11-19)42-3/h6-13,16,41H,4-5,14-15H2,1-3H3,(H2,35,40)(H,37,39)/t31-,32-/m0/s1. The van der Waals surface area contributed by atoms with Gasteiger partial charge in [-0.05, 0) is 80.6 Å². The van der Waals surface area contributed by atoms with E-state index in [-0.39, 0.29) is 35.3 Å². The second kappa shape index (κ2) is 10.5. The van der Waals surface area contributed by atoms with Crippen LogP contribution in [0.3, 0.4) is 0 Å². The highest BCUT2D eigenvalue weighted by Crippen LogP contribution is 2.46. The van der Waals surface area contributed by atoms with Gasteiger partial charge in [-0.15, -0.1) is 0 Å². The summed E-state index contributed by atoms with van der Waals surface area (Å²) in [5.41, 5.74) is 6.21. The van der Waals surface area contributed by atoms with Gasteiger partial charge in [0.25, 0.3) is 5.91 Å². The summed E-state index contributed by atoms with van der Waals surface area (Å²) in [5.74, 6) is -0.424. The third kappa shape index (κ3) is 5.14. The normalized spacial score (nSPS) is 18.9. The summed E-state index contributed by atoms with van der Waals surface area (Å²) in [6, 6.07) is 11.0. The third-order valence-electron chi connectivity index (χ3n) is 8.25. The monoisotopic (exact) mass is 604 g/mol. The number of primary amides is 1. The number of nitrogens with zero attached hydrogens (tertiary/aromatic N) is 2. The minimum Gasteiger partial charge on any atom is -0.494 e. The van der Waals surface area contributed by atoms with E-state index in [0.717, 1.165) is 23.8 Å². The van der Waals surface area contributed by atoms with Gasteiger partial charge in [0.15, 0.2) is 0 Å². The number of fused-ring (bicyclic) bond motifs is 2. The average Bonchev–Trinajstić information content (AvgIpc) is 3.79. The Hall–Kier alpha value is -4.28. The summed E-state index contributed by atoms with van der Waals surface area (Å²) in [6.45, 7) is 2.87. The van der Waals surface area contributed by atoms with E-state index in [1.54, 1.807) is 25.1 Å². The van der Waals surface area contributed by atoms with E-state index in [0.29, 0.717) is 33.9 Å². The van der Waals surface area contributed by atoms with Gasteiger partial charge in [-0.25, -0.2) is 9.37 Å². The van der Waals surface area contributed by atoms with Crippen molar-refractivity contribution in [3.8, 4) is 22.8 Å². The highest BCUT2D eigenvalue weighted by atomic mass is 35.5. The fourth-order valence-corrected chi connectivity index (χ4v) is 5.49. The van der Waals surface area contributed by atoms with Gasteiger partial charge in [-0.2, -0.15) is 0 Å². The summed E-state index contributed by atoms with van der Waals surface area (Å²) < 4.78 is 25.3. The minimum absolute atomic E-state index is 0.0370. The molecule has 222 valence electrons. The number of nitrogens with two attached hydrogens (primary N) is 1. The Labute approximate surface area is 252 Å². The molecule has 0 bridgehead atoms. The average molecular weight is 605 g/mol. The van der Waals surface area contributed by atoms with Crippen LogP contribution in [0.25, 0.3) is 22.2 Å². The molecule has 4 aromatic rings. The van der Waals surface area contributed by atoms with E-state index >= 15 is 0 Å². The number of benzene rings is 2. The van der Waals surface area contributed by atoms with Crippen LogP contribution in [0.4, 0.5) is 4.39 Å². The number of methoxy groups -OCH3 is 1. The topological polar surface area (TPSA) is 137 Å². The Morgan fingerprint density at radius 3 is 2.70 bits per heavy atom. The second-order valence-electron chi connectivity index (χ2n) is 11.6. The predicted octanol–water partition coefficient (Wildman–Crippen LogP) is 4.75. The predicted molar refractivity (Wildman–Crippen MR) is 159 cm³/mol. The molecule has 43 heavy (non-hydrogen) atoms. The number of hydrogen-bond donors (Lipinski definition) is 3. The number of halogens is 2. The van der Waals surface area contributed by atoms with Crippen LogP contribution in [0.2, 0.25) is 5.02 Å². The highest BCUT2D eigenvalue weighted by Gasteiger charge is 2.45. The van der Waals surface area contributed by atoms with E-state index in [1.165, 1.54) is 32.2 Å². The van der Waals surface area contributed by atoms with Crippen molar-refractivity contribution < 1.29 is 28.6 Å². The first-order chi connectivity index (χ1) is 20.4. The number of rotatable bonds is 8. The molecule has 2 aliphatic rings. The molecule has 3 heterocycles. The maximum Gasteiger partial charge on any atom is 0.251 e. The molecule has 0 spiro atoms. The van der Waals surface area contributed by atoms with Crippen molar-refractivity contribution in [3.05, 3.63) is 81.9 Å². The summed E-state index contributed by atoms with van der Waals surface area (Å²) in [6.07, 6.45) is 4.10. The molecule has 6 rings (SSSR count). The third-order valence-corrected chi connectivity index (χ3v) is 8.54. The first-order valence-corrected chi connectivity index (χ1v) is 14.2. The zero-order valence-electron chi connectivity index (χ0n) is 23.8. The fraction of sp³-hybridized carbons (Fsp3) is 0.312. The lowest BCUT2D eigenvalue weighted by Gasteiger charge is -2.26. The van der Waals surface area contributed by atoms with Crippen LogP contribution in [0.15, 0.2) is 48.7 Å². The molecule has 2 aromatic carbocycles. The van der Waals surface area contributed by atoms with Crippen LogP contribution < -0.4 is 20.5 Å². The number of carbonyl (C=O) groups is 2. The smallest absolute Gasteiger partial charge is 0.251 e. The molecule has 1 fully saturated rings. The van der Waals surface area contributed by atoms with Crippen molar-refractivity contribution in [1.29, 1.82) is 0 Å². The van der Waals surface area contributed by atoms with Crippen molar-refractivity contribution in [2.24, 2.45) is 5.73 Å². The van der Waals surface area contributed by atoms with Crippen LogP contribution >= 0.6 is 11.6 Å². The summed E-state index contributed by atoms with van der Waals surface area (Å²) in [4.78, 5) is 35.0. The number of aliphatic hydroxyl groups is 1. The molecule has 9 nitrogen and oxygen atoms in total. The van der Waals surface area contributed by atoms with Crippen molar-refractivity contribution >= 4 is 34.3 Å². The summed E-state index contributed by atoms with van der Waals surface area (Å²) in [5, 5.41) is 15.1. The number of hydrogen-bond acceptors (Lipinski definition) is 7. The van der Waals surface area contributed by atoms with Gasteiger partial charge >= 0.3 is 0 Å². The Morgan fingerprint density at radius 1 is 1.26 bits per heavy atom. The highest BCUT2D eigenvalue weighted by molar-refractivity contribution is 6.31. The molecular weight excluding hydrogens is 575 g/mol. The lowest BCUT2D eigenvalue weighted by atomic mass is 9.82. The van der Waals surface area contributed by atoms with Gasteiger partial charge in [-0.3, -0.25) is 14.6 Å². The molecule has 1 aliphatic carbocycles. The molecule has 0 saturated heterocycles. The van der Waals surface area contributed by atoms with E-state index in [2.05, 4.69) is 15.3 Å². The molecule has 0 unspecified atom stereocenters. The fourth-order valence-electron chi connectivity index (χ4n) is 5.31. The largest absolute Gasteiger partial charge is 0.494 e. The van der Waals surface area contributed by atoms with Gasteiger partial charge < -0.3 is 25.6 Å². The van der Waals surface area contributed by atoms with Crippen LogP contribution in [-0.2, 0) is 15.8 Å². The van der Waals surface area contributed by atoms with Gasteiger partial charge in [0.2, 0.25) is 5.91 Å². The van der Waals surface area contributed by atoms with Gasteiger partial charge in [0, 0.05) is 28.3 Å². The molecule has 2 aromatic heterocycles. The number of carbonyl (C=O) groups excluding carboxylic acids is 2. The number of ether oxygens (including phenoxy) is 2. The van der Waals surface area contributed by atoms with Crippen LogP contribution in [0.1, 0.15) is 59.8 Å². The number of aromatic nitrogens is 2. The van der Waals surface area contributed by atoms with E-state index in [1.807, 2.05) is 12.3 Å². The zero-order valence-corrected chi connectivity index (χ0v) is 24.6. The van der Waals surface area contributed by atoms with E-state index in [4.69, 9.17) is 26.8 Å². The first kappa shape index (κ1) is 28.8. The van der Waals surface area contributed by atoms with Crippen molar-refractivity contribution in [3.63, 3.8) is 0 Å². The molecule has 0 radical (unpaired) electrons. The SMILES string of the molecule is COc1cc(C(=O)NC[C@](C)(O)c2cc3c(c(-c4ccc(F)c(Cl)c4)n2)OC[C@]3(C)C(N)=O)cc2cc(C3CC3)cnc12. The van der Waals surface area contributed by atoms with E-state index < -0.39 is 28.6 Å². The number of nitrogens with one attached hydrogen (secondary N) is 1. The Kier molecular flexibility index (Phi) is 7.01. The Bertz CT molecular complexity index is 1810. The Balaban J connectivity index is 1.33. The van der Waals surface area contributed by atoms with Gasteiger partial charge in [0.1, 0.15) is 46.1 Å².